The van der Waals surface area contributed by atoms with Gasteiger partial charge in [-0.15, -0.1) is 0 Å². The van der Waals surface area contributed by atoms with Gasteiger partial charge in [0.1, 0.15) is 0 Å². The second-order valence-corrected chi connectivity index (χ2v) is 6.83. The standard InChI is InChI=1S/C19H28N2O2/c1-16-14-20(15-17-6-3-2-4-7-17)11-12-21(16)19(22)10-9-18-8-5-13-23-18/h2-4,6-7,16,18H,5,8-15H2,1H3. The number of carbonyl (C=O) groups excluding carboxylic acids is 1. The number of hydrogen-bond acceptors (Lipinski definition) is 3. The summed E-state index contributed by atoms with van der Waals surface area (Å²) in [7, 11) is 0. The Balaban J connectivity index is 1.45. The second kappa shape index (κ2) is 7.93. The molecule has 2 atom stereocenters. The second-order valence-electron chi connectivity index (χ2n) is 6.83. The number of nitrogens with zero attached hydrogens (tertiary/aromatic N) is 2. The van der Waals surface area contributed by atoms with Gasteiger partial charge in [0.2, 0.25) is 5.91 Å². The lowest BCUT2D eigenvalue weighted by Gasteiger charge is -2.40. The smallest absolute Gasteiger partial charge is 0.222 e. The number of rotatable bonds is 5. The fourth-order valence-electron chi connectivity index (χ4n) is 3.69. The molecule has 2 saturated heterocycles. The molecule has 2 aliphatic heterocycles. The minimum atomic E-state index is 0.296. The molecule has 0 saturated carbocycles. The van der Waals surface area contributed by atoms with Gasteiger partial charge in [0.25, 0.3) is 0 Å². The monoisotopic (exact) mass is 316 g/mol. The van der Waals surface area contributed by atoms with Crippen molar-refractivity contribution in [3.63, 3.8) is 0 Å². The van der Waals surface area contributed by atoms with Gasteiger partial charge in [-0.25, -0.2) is 0 Å². The molecule has 0 aromatic heterocycles. The van der Waals surface area contributed by atoms with E-state index in [2.05, 4.69) is 47.1 Å². The van der Waals surface area contributed by atoms with Crippen molar-refractivity contribution in [2.75, 3.05) is 26.2 Å². The fourth-order valence-corrected chi connectivity index (χ4v) is 3.69. The van der Waals surface area contributed by atoms with E-state index in [9.17, 15) is 4.79 Å². The normalized spacial score (nSPS) is 25.7. The summed E-state index contributed by atoms with van der Waals surface area (Å²) in [5.41, 5.74) is 1.35. The highest BCUT2D eigenvalue weighted by molar-refractivity contribution is 5.76. The van der Waals surface area contributed by atoms with Crippen molar-refractivity contribution in [1.29, 1.82) is 0 Å². The molecule has 1 amide bonds. The lowest BCUT2D eigenvalue weighted by atomic mass is 10.1. The molecule has 23 heavy (non-hydrogen) atoms. The van der Waals surface area contributed by atoms with Crippen molar-refractivity contribution in [2.45, 2.75) is 51.3 Å². The van der Waals surface area contributed by atoms with Gasteiger partial charge in [0.05, 0.1) is 6.10 Å². The van der Waals surface area contributed by atoms with Gasteiger partial charge >= 0.3 is 0 Å². The molecule has 2 fully saturated rings. The Morgan fingerprint density at radius 2 is 2.09 bits per heavy atom. The Morgan fingerprint density at radius 3 is 2.78 bits per heavy atom. The number of hydrogen-bond donors (Lipinski definition) is 0. The van der Waals surface area contributed by atoms with Crippen molar-refractivity contribution >= 4 is 5.91 Å². The van der Waals surface area contributed by atoms with Crippen LogP contribution in [0.3, 0.4) is 0 Å². The van der Waals surface area contributed by atoms with Crippen LogP contribution in [0, 0.1) is 0 Å². The third-order valence-corrected chi connectivity index (χ3v) is 4.99. The first kappa shape index (κ1) is 16.5. The third-order valence-electron chi connectivity index (χ3n) is 4.99. The van der Waals surface area contributed by atoms with E-state index >= 15 is 0 Å². The van der Waals surface area contributed by atoms with E-state index in [0.29, 0.717) is 24.5 Å². The Morgan fingerprint density at radius 1 is 1.26 bits per heavy atom. The lowest BCUT2D eigenvalue weighted by molar-refractivity contribution is -0.136. The van der Waals surface area contributed by atoms with Crippen LogP contribution >= 0.6 is 0 Å². The summed E-state index contributed by atoms with van der Waals surface area (Å²) in [4.78, 5) is 17.0. The molecule has 4 heteroatoms. The Hall–Kier alpha value is -1.39. The van der Waals surface area contributed by atoms with E-state index in [4.69, 9.17) is 4.74 Å². The number of benzene rings is 1. The van der Waals surface area contributed by atoms with E-state index in [0.717, 1.165) is 52.0 Å². The number of ether oxygens (including phenoxy) is 1. The van der Waals surface area contributed by atoms with Gasteiger partial charge < -0.3 is 9.64 Å². The summed E-state index contributed by atoms with van der Waals surface area (Å²) in [5, 5.41) is 0. The topological polar surface area (TPSA) is 32.8 Å². The van der Waals surface area contributed by atoms with E-state index in [-0.39, 0.29) is 0 Å². The fraction of sp³-hybridized carbons (Fsp3) is 0.632. The highest BCUT2D eigenvalue weighted by Gasteiger charge is 2.28. The highest BCUT2D eigenvalue weighted by atomic mass is 16.5. The maximum absolute atomic E-state index is 12.5. The molecule has 2 aliphatic rings. The Bertz CT molecular complexity index is 499. The molecule has 2 unspecified atom stereocenters. The van der Waals surface area contributed by atoms with E-state index in [1.54, 1.807) is 0 Å². The lowest BCUT2D eigenvalue weighted by Crippen LogP contribution is -2.53. The summed E-state index contributed by atoms with van der Waals surface area (Å²) in [5.74, 6) is 0.298. The maximum Gasteiger partial charge on any atom is 0.222 e. The summed E-state index contributed by atoms with van der Waals surface area (Å²) in [6.07, 6.45) is 4.10. The molecule has 0 spiro atoms. The molecule has 1 aromatic carbocycles. The number of piperazine rings is 1. The van der Waals surface area contributed by atoms with Crippen LogP contribution in [-0.4, -0.2) is 54.1 Å². The minimum Gasteiger partial charge on any atom is -0.378 e. The van der Waals surface area contributed by atoms with E-state index in [1.165, 1.54) is 5.56 Å². The zero-order valence-electron chi connectivity index (χ0n) is 14.1. The Labute approximate surface area is 139 Å². The average Bonchev–Trinajstić information content (AvgIpc) is 3.07. The van der Waals surface area contributed by atoms with Crippen molar-refractivity contribution in [1.82, 2.24) is 9.80 Å². The Kier molecular flexibility index (Phi) is 5.68. The van der Waals surface area contributed by atoms with Crippen LogP contribution in [0.25, 0.3) is 0 Å². The van der Waals surface area contributed by atoms with Crippen LogP contribution < -0.4 is 0 Å². The quantitative estimate of drug-likeness (QED) is 0.837. The minimum absolute atomic E-state index is 0.296. The van der Waals surface area contributed by atoms with Gasteiger partial charge in [-0.05, 0) is 31.7 Å². The predicted molar refractivity (Wildman–Crippen MR) is 91.1 cm³/mol. The summed E-state index contributed by atoms with van der Waals surface area (Å²) >= 11 is 0. The van der Waals surface area contributed by atoms with Gasteiger partial charge in [-0.2, -0.15) is 0 Å². The zero-order chi connectivity index (χ0) is 16.1. The molecule has 3 rings (SSSR count). The molecule has 0 radical (unpaired) electrons. The largest absolute Gasteiger partial charge is 0.378 e. The summed E-state index contributed by atoms with van der Waals surface area (Å²) in [6, 6.07) is 10.9. The van der Waals surface area contributed by atoms with Crippen LogP contribution in [0.2, 0.25) is 0 Å². The van der Waals surface area contributed by atoms with Gasteiger partial charge in [-0.3, -0.25) is 9.69 Å². The first-order valence-electron chi connectivity index (χ1n) is 8.90. The first-order chi connectivity index (χ1) is 11.2. The van der Waals surface area contributed by atoms with Gasteiger partial charge in [0.15, 0.2) is 0 Å². The SMILES string of the molecule is CC1CN(Cc2ccccc2)CCN1C(=O)CCC1CCCO1. The van der Waals surface area contributed by atoms with Crippen LogP contribution in [0.1, 0.15) is 38.2 Å². The van der Waals surface area contributed by atoms with Crippen LogP contribution in [0.4, 0.5) is 0 Å². The molecule has 2 heterocycles. The average molecular weight is 316 g/mol. The summed E-state index contributed by atoms with van der Waals surface area (Å²) in [6.45, 7) is 6.78. The van der Waals surface area contributed by atoms with Gasteiger partial charge in [-0.1, -0.05) is 30.3 Å². The van der Waals surface area contributed by atoms with E-state index in [1.807, 2.05) is 0 Å². The van der Waals surface area contributed by atoms with Crippen molar-refractivity contribution in [3.8, 4) is 0 Å². The number of carbonyl (C=O) groups is 1. The van der Waals surface area contributed by atoms with Crippen molar-refractivity contribution in [3.05, 3.63) is 35.9 Å². The van der Waals surface area contributed by atoms with Crippen molar-refractivity contribution < 1.29 is 9.53 Å². The van der Waals surface area contributed by atoms with Gasteiger partial charge in [0, 0.05) is 45.2 Å². The maximum atomic E-state index is 12.5. The third kappa shape index (κ3) is 4.55. The highest BCUT2D eigenvalue weighted by Crippen LogP contribution is 2.19. The van der Waals surface area contributed by atoms with Crippen LogP contribution in [0.5, 0.6) is 0 Å². The molecule has 0 aliphatic carbocycles. The van der Waals surface area contributed by atoms with E-state index < -0.39 is 0 Å². The molecular formula is C19H28N2O2. The molecule has 1 aromatic rings. The predicted octanol–water partition coefficient (Wildman–Crippen LogP) is 2.68. The number of amides is 1. The molecule has 4 nitrogen and oxygen atoms in total. The first-order valence-corrected chi connectivity index (χ1v) is 8.90. The van der Waals surface area contributed by atoms with Crippen molar-refractivity contribution in [2.24, 2.45) is 0 Å². The molecule has 126 valence electrons. The molecule has 0 bridgehead atoms. The van der Waals surface area contributed by atoms with Crippen LogP contribution in [-0.2, 0) is 16.1 Å². The molecule has 0 N–H and O–H groups in total. The molecular weight excluding hydrogens is 288 g/mol. The zero-order valence-corrected chi connectivity index (χ0v) is 14.1. The van der Waals surface area contributed by atoms with Crippen LogP contribution in [0.15, 0.2) is 30.3 Å². The summed E-state index contributed by atoms with van der Waals surface area (Å²) < 4.78 is 5.62.